The molecule has 0 aliphatic carbocycles. The number of hydrogen-bond acceptors (Lipinski definition) is 16. The van der Waals surface area contributed by atoms with Crippen molar-refractivity contribution < 1.29 is 96.2 Å². The number of nitrogens with zero attached hydrogens (tertiary/aromatic N) is 1. The maximum atomic E-state index is 14.0. The first-order chi connectivity index (χ1) is 36.6. The van der Waals surface area contributed by atoms with Gasteiger partial charge in [0.2, 0.25) is 53.2 Å². The largest absolute Gasteiger partial charge is 0.508 e. The minimum atomic E-state index is -5.08. The summed E-state index contributed by atoms with van der Waals surface area (Å²) in [6, 6.07) is -7.72. The number of rotatable bonds is 29. The predicted molar refractivity (Wildman–Crippen MR) is 275 cm³/mol. The van der Waals surface area contributed by atoms with Gasteiger partial charge in [-0.25, -0.2) is 4.79 Å². The summed E-state index contributed by atoms with van der Waals surface area (Å²) in [4.78, 5) is 155. The Morgan fingerprint density at radius 2 is 1.18 bits per heavy atom. The number of aliphatic hydroxyl groups excluding tert-OH is 1. The van der Waals surface area contributed by atoms with Gasteiger partial charge in [-0.2, -0.15) is 24.9 Å². The van der Waals surface area contributed by atoms with E-state index < -0.39 is 157 Å². The second-order valence-electron chi connectivity index (χ2n) is 19.2. The average Bonchev–Trinajstić information content (AvgIpc) is 3.86. The summed E-state index contributed by atoms with van der Waals surface area (Å²) in [5, 5.41) is 65.3. The van der Waals surface area contributed by atoms with Gasteiger partial charge in [-0.05, 0) is 88.0 Å². The van der Waals surface area contributed by atoms with Gasteiger partial charge < -0.3 is 78.7 Å². The highest BCUT2D eigenvalue weighted by Gasteiger charge is 2.41. The Morgan fingerprint density at radius 1 is 0.671 bits per heavy atom. The number of carboxylic acid groups (broad SMARTS) is 3. The number of thioether (sulfide) groups is 1. The van der Waals surface area contributed by atoms with Crippen molar-refractivity contribution in [2.45, 2.75) is 154 Å². The zero-order valence-electron chi connectivity index (χ0n) is 44.8. The van der Waals surface area contributed by atoms with Gasteiger partial charge in [0, 0.05) is 13.0 Å². The number of carbonyl (C=O) groups is 12. The summed E-state index contributed by atoms with van der Waals surface area (Å²) in [5.74, 6) is -13.7. The fraction of sp³-hybridized carbons (Fsp3) is 0.625. The van der Waals surface area contributed by atoms with Crippen LogP contribution in [0, 0.1) is 11.8 Å². The Labute approximate surface area is 457 Å². The molecule has 1 aliphatic rings. The van der Waals surface area contributed by atoms with Crippen molar-refractivity contribution in [3.05, 3.63) is 29.8 Å². The van der Waals surface area contributed by atoms with Crippen LogP contribution in [0.5, 0.6) is 5.75 Å². The van der Waals surface area contributed by atoms with Crippen LogP contribution >= 0.6 is 11.8 Å². The third kappa shape index (κ3) is 24.5. The molecule has 444 valence electrons. The minimum absolute atomic E-state index is 0.0879. The smallest absolute Gasteiger partial charge is 0.490 e. The third-order valence-corrected chi connectivity index (χ3v) is 12.3. The number of nitrogens with one attached hydrogen (secondary N) is 8. The number of nitrogens with two attached hydrogens (primary N) is 1. The number of aliphatic hydroxyl groups is 1. The number of halogens is 3. The normalized spacial score (nSPS) is 16.5. The van der Waals surface area contributed by atoms with Crippen LogP contribution in [-0.2, 0) is 64.0 Å². The molecule has 1 heterocycles. The zero-order chi connectivity index (χ0) is 60.6. The molecule has 0 radical (unpaired) electrons. The maximum absolute atomic E-state index is 14.0. The van der Waals surface area contributed by atoms with Gasteiger partial charge in [-0.1, -0.05) is 39.8 Å². The van der Waals surface area contributed by atoms with Gasteiger partial charge >= 0.3 is 24.1 Å². The van der Waals surface area contributed by atoms with Crippen LogP contribution in [-0.4, -0.2) is 193 Å². The van der Waals surface area contributed by atoms with Crippen molar-refractivity contribution in [2.24, 2.45) is 17.6 Å². The number of carboxylic acids is 3. The number of phenolic OH excluding ortho intramolecular Hbond substituents is 1. The van der Waals surface area contributed by atoms with Gasteiger partial charge in [-0.3, -0.25) is 52.7 Å². The summed E-state index contributed by atoms with van der Waals surface area (Å²) in [5.41, 5.74) is 6.01. The third-order valence-electron chi connectivity index (χ3n) is 11.6. The molecule has 10 atom stereocenters. The number of benzene rings is 1. The van der Waals surface area contributed by atoms with E-state index >= 15 is 0 Å². The number of phenols is 1. The van der Waals surface area contributed by atoms with Crippen LogP contribution in [0.4, 0.5) is 13.2 Å². The Balaban J connectivity index is 0.00000415. The molecule has 0 unspecified atom stereocenters. The molecule has 1 saturated heterocycles. The first-order valence-electron chi connectivity index (χ1n) is 24.8. The lowest BCUT2D eigenvalue weighted by molar-refractivity contribution is -0.192. The topological polar surface area (TPSA) is 431 Å². The van der Waals surface area contributed by atoms with Gasteiger partial charge in [-0.15, -0.1) is 0 Å². The number of aliphatic carboxylic acids is 3. The predicted octanol–water partition coefficient (Wildman–Crippen LogP) is -2.17. The van der Waals surface area contributed by atoms with E-state index in [1.54, 1.807) is 34.0 Å². The average molecular weight is 1150 g/mol. The molecular weight excluding hydrogens is 1080 g/mol. The van der Waals surface area contributed by atoms with E-state index in [2.05, 4.69) is 42.5 Å². The Bertz CT molecular complexity index is 2310. The van der Waals surface area contributed by atoms with E-state index in [0.29, 0.717) is 17.7 Å². The van der Waals surface area contributed by atoms with Crippen molar-refractivity contribution in [3.8, 4) is 5.75 Å². The summed E-state index contributed by atoms with van der Waals surface area (Å²) in [7, 11) is 0. The highest BCUT2D eigenvalue weighted by molar-refractivity contribution is 7.98. The maximum Gasteiger partial charge on any atom is 0.490 e. The van der Waals surface area contributed by atoms with E-state index in [1.807, 2.05) is 0 Å². The molecule has 15 N–H and O–H groups in total. The summed E-state index contributed by atoms with van der Waals surface area (Å²) >= 11 is 1.39. The van der Waals surface area contributed by atoms with Crippen LogP contribution in [0.2, 0.25) is 0 Å². The molecule has 1 aromatic rings. The molecule has 0 aromatic heterocycles. The van der Waals surface area contributed by atoms with E-state index in [1.165, 1.54) is 54.8 Å². The zero-order valence-corrected chi connectivity index (χ0v) is 45.6. The standard InChI is InChI=1S/C46H72N10O15S.C2HF3O2/c1-22(2)18-30(52-39(63)29(15-17-72-8)50-43(67)34-10-9-16-56(34)45(69)33(21-57)54-37(61)24(5)47)42(66)55-36(23(3)4)44(68)48-25(6)38(62)51-31(19-27-11-13-28(58)14-12-27)41(65)53-32(20-35(59)60)40(64)49-26(7)46(70)71;3-2(4,5)1(6)7/h11-14,22-26,29-34,36,57-58H,9-10,15-21,47H2,1-8H3,(H,48,68)(H,49,64)(H,50,67)(H,51,62)(H,52,63)(H,53,65)(H,54,61)(H,55,66)(H,59,60)(H,70,71);(H,6,7)/t24-,25-,26-,29-,30-,31-,32-,33-,34-,36-;/m0./s1. The number of amides is 9. The highest BCUT2D eigenvalue weighted by atomic mass is 32.2. The van der Waals surface area contributed by atoms with E-state index in [9.17, 15) is 86.3 Å². The summed E-state index contributed by atoms with van der Waals surface area (Å²) in [6.45, 7) is 10.0. The molecule has 2 rings (SSSR count). The van der Waals surface area contributed by atoms with Gasteiger partial charge in [0.25, 0.3) is 0 Å². The molecule has 79 heavy (non-hydrogen) atoms. The number of aromatic hydroxyl groups is 1. The molecule has 0 spiro atoms. The lowest BCUT2D eigenvalue weighted by Crippen LogP contribution is -2.61. The highest BCUT2D eigenvalue weighted by Crippen LogP contribution is 2.20. The lowest BCUT2D eigenvalue weighted by atomic mass is 9.99. The SMILES string of the molecule is CSCC[C@H](NC(=O)[C@@H]1CCCN1C(=O)[C@H](CO)NC(=O)[C@H](C)N)C(=O)N[C@@H](CC(C)C)C(=O)N[C@H](C(=O)N[C@@H](C)C(=O)N[C@@H](Cc1ccc(O)cc1)C(=O)N[C@@H](CC(=O)O)C(=O)N[C@@H](C)C(=O)O)C(C)C.O=C(O)C(F)(F)F. The van der Waals surface area contributed by atoms with Crippen molar-refractivity contribution in [1.29, 1.82) is 0 Å². The van der Waals surface area contributed by atoms with E-state index in [-0.39, 0.29) is 43.9 Å². The van der Waals surface area contributed by atoms with Crippen LogP contribution in [0.25, 0.3) is 0 Å². The second kappa shape index (κ2) is 33.2. The second-order valence-corrected chi connectivity index (χ2v) is 20.2. The van der Waals surface area contributed by atoms with Crippen LogP contribution < -0.4 is 48.3 Å². The fourth-order valence-corrected chi connectivity index (χ4v) is 7.77. The molecule has 27 nitrogen and oxygen atoms in total. The van der Waals surface area contributed by atoms with E-state index in [0.717, 1.165) is 6.92 Å². The van der Waals surface area contributed by atoms with Crippen molar-refractivity contribution in [1.82, 2.24) is 47.4 Å². The molecule has 1 fully saturated rings. The fourth-order valence-electron chi connectivity index (χ4n) is 7.30. The molecule has 0 bridgehead atoms. The van der Waals surface area contributed by atoms with Crippen LogP contribution in [0.3, 0.4) is 0 Å². The van der Waals surface area contributed by atoms with Gasteiger partial charge in [0.15, 0.2) is 0 Å². The first-order valence-corrected chi connectivity index (χ1v) is 26.2. The molecule has 9 amide bonds. The summed E-state index contributed by atoms with van der Waals surface area (Å²) in [6.07, 6.45) is -3.65. The van der Waals surface area contributed by atoms with Gasteiger partial charge in [0.1, 0.15) is 60.1 Å². The Morgan fingerprint density at radius 3 is 1.67 bits per heavy atom. The van der Waals surface area contributed by atoms with Crippen LogP contribution in [0.1, 0.15) is 86.1 Å². The molecule has 31 heteroatoms. The number of hydrogen-bond donors (Lipinski definition) is 14. The molecule has 1 aliphatic heterocycles. The van der Waals surface area contributed by atoms with Crippen molar-refractivity contribution in [3.63, 3.8) is 0 Å². The van der Waals surface area contributed by atoms with Crippen molar-refractivity contribution in [2.75, 3.05) is 25.2 Å². The molecular formula is C48H73F3N10O17S. The van der Waals surface area contributed by atoms with Crippen LogP contribution in [0.15, 0.2) is 24.3 Å². The van der Waals surface area contributed by atoms with Gasteiger partial charge in [0.05, 0.1) is 19.1 Å². The molecule has 1 aromatic carbocycles. The Kier molecular flexibility index (Phi) is 29.3. The van der Waals surface area contributed by atoms with Crippen molar-refractivity contribution >= 4 is 82.8 Å². The Hall–Kier alpha value is -7.28. The number of carbonyl (C=O) groups excluding carboxylic acids is 9. The number of likely N-dealkylation sites (tertiary alicyclic amines) is 1. The lowest BCUT2D eigenvalue weighted by Gasteiger charge is -2.30. The molecule has 0 saturated carbocycles. The van der Waals surface area contributed by atoms with E-state index in [4.69, 9.17) is 15.6 Å². The monoisotopic (exact) mass is 1150 g/mol. The quantitative estimate of drug-likeness (QED) is 0.0406. The minimum Gasteiger partial charge on any atom is -0.508 e. The summed E-state index contributed by atoms with van der Waals surface area (Å²) < 4.78 is 31.7. The first kappa shape index (κ1) is 69.7. The number of alkyl halides is 3.